The normalized spacial score (nSPS) is 10.8. The first-order valence-electron chi connectivity index (χ1n) is 6.48. The first kappa shape index (κ1) is 15.7. The van der Waals surface area contributed by atoms with E-state index in [1.165, 1.54) is 11.1 Å². The van der Waals surface area contributed by atoms with Crippen LogP contribution in [0.15, 0.2) is 26.9 Å². The lowest BCUT2D eigenvalue weighted by Crippen LogP contribution is -2.02. The number of hydrogen-bond acceptors (Lipinski definition) is 6. The Morgan fingerprint density at radius 3 is 2.40 bits per heavy atom. The molecule has 0 saturated carbocycles. The second-order valence-electron chi connectivity index (χ2n) is 4.18. The van der Waals surface area contributed by atoms with Crippen LogP contribution in [0, 0.1) is 13.8 Å². The van der Waals surface area contributed by atoms with E-state index in [0.717, 1.165) is 25.9 Å². The molecular formula is C14H18N2OS3. The van der Waals surface area contributed by atoms with Crippen molar-refractivity contribution in [3.05, 3.63) is 29.3 Å². The maximum atomic E-state index is 5.87. The zero-order valence-corrected chi connectivity index (χ0v) is 14.3. The van der Waals surface area contributed by atoms with E-state index in [4.69, 9.17) is 4.74 Å². The van der Waals surface area contributed by atoms with Crippen molar-refractivity contribution in [2.24, 2.45) is 0 Å². The summed E-state index contributed by atoms with van der Waals surface area (Å²) < 4.78 is 7.94. The van der Waals surface area contributed by atoms with Gasteiger partial charge >= 0.3 is 0 Å². The van der Waals surface area contributed by atoms with Crippen molar-refractivity contribution in [2.45, 2.75) is 29.5 Å². The Morgan fingerprint density at radius 2 is 1.75 bits per heavy atom. The molecule has 0 spiro atoms. The van der Waals surface area contributed by atoms with Gasteiger partial charge in [-0.25, -0.2) is 0 Å². The molecule has 6 heteroatoms. The van der Waals surface area contributed by atoms with Crippen LogP contribution < -0.4 is 4.74 Å². The molecule has 0 atom stereocenters. The maximum Gasteiger partial charge on any atom is 0.175 e. The number of ether oxygens (including phenoxy) is 1. The summed E-state index contributed by atoms with van der Waals surface area (Å²) in [5.41, 5.74) is 2.38. The lowest BCUT2D eigenvalue weighted by Gasteiger charge is -2.11. The highest BCUT2D eigenvalue weighted by molar-refractivity contribution is 8.03. The number of benzene rings is 1. The van der Waals surface area contributed by atoms with Crippen LogP contribution in [0.1, 0.15) is 18.1 Å². The summed E-state index contributed by atoms with van der Waals surface area (Å²) >= 11 is 5.10. The zero-order chi connectivity index (χ0) is 14.4. The molecule has 3 nitrogen and oxygen atoms in total. The van der Waals surface area contributed by atoms with Gasteiger partial charge in [-0.1, -0.05) is 60.0 Å². The fourth-order valence-corrected chi connectivity index (χ4v) is 4.54. The Labute approximate surface area is 132 Å². The van der Waals surface area contributed by atoms with Crippen molar-refractivity contribution >= 4 is 34.9 Å². The maximum absolute atomic E-state index is 5.87. The average Bonchev–Trinajstić information content (AvgIpc) is 2.85. The van der Waals surface area contributed by atoms with Gasteiger partial charge < -0.3 is 4.74 Å². The SMILES string of the molecule is CCSc1nnc(SCCOc2c(C)cccc2C)s1. The molecule has 0 aliphatic carbocycles. The molecule has 0 unspecified atom stereocenters. The summed E-state index contributed by atoms with van der Waals surface area (Å²) in [5, 5.41) is 8.31. The Morgan fingerprint density at radius 1 is 1.10 bits per heavy atom. The molecule has 108 valence electrons. The van der Waals surface area contributed by atoms with Crippen molar-refractivity contribution < 1.29 is 4.74 Å². The van der Waals surface area contributed by atoms with Gasteiger partial charge in [-0.05, 0) is 30.7 Å². The number of para-hydroxylation sites is 1. The number of rotatable bonds is 7. The quantitative estimate of drug-likeness (QED) is 0.555. The molecule has 0 aliphatic rings. The van der Waals surface area contributed by atoms with Gasteiger partial charge in [0.15, 0.2) is 8.68 Å². The van der Waals surface area contributed by atoms with Crippen LogP contribution in [-0.4, -0.2) is 28.3 Å². The predicted molar refractivity (Wildman–Crippen MR) is 88.4 cm³/mol. The molecule has 0 N–H and O–H groups in total. The summed E-state index contributed by atoms with van der Waals surface area (Å²) in [6.45, 7) is 6.96. The molecule has 1 heterocycles. The Hall–Kier alpha value is -0.720. The molecule has 0 aliphatic heterocycles. The van der Waals surface area contributed by atoms with Gasteiger partial charge in [0.05, 0.1) is 6.61 Å². The van der Waals surface area contributed by atoms with Crippen LogP contribution in [0.2, 0.25) is 0 Å². The third-order valence-electron chi connectivity index (χ3n) is 2.62. The van der Waals surface area contributed by atoms with Crippen LogP contribution in [0.3, 0.4) is 0 Å². The van der Waals surface area contributed by atoms with Crippen LogP contribution in [0.4, 0.5) is 0 Å². The summed E-state index contributed by atoms with van der Waals surface area (Å²) in [6, 6.07) is 6.21. The number of nitrogens with zero attached hydrogens (tertiary/aromatic N) is 2. The smallest absolute Gasteiger partial charge is 0.175 e. The second kappa shape index (κ2) is 7.90. The summed E-state index contributed by atoms with van der Waals surface area (Å²) in [6.07, 6.45) is 0. The molecule has 20 heavy (non-hydrogen) atoms. The van der Waals surface area contributed by atoms with Gasteiger partial charge in [0.2, 0.25) is 0 Å². The highest BCUT2D eigenvalue weighted by atomic mass is 32.2. The second-order valence-corrected chi connectivity index (χ2v) is 8.02. The van der Waals surface area contributed by atoms with E-state index < -0.39 is 0 Å². The number of aryl methyl sites for hydroxylation is 2. The van der Waals surface area contributed by atoms with Crippen molar-refractivity contribution in [1.82, 2.24) is 10.2 Å². The minimum Gasteiger partial charge on any atom is -0.492 e. The zero-order valence-electron chi connectivity index (χ0n) is 11.9. The van der Waals surface area contributed by atoms with Gasteiger partial charge in [-0.15, -0.1) is 10.2 Å². The topological polar surface area (TPSA) is 35.0 Å². The Balaban J connectivity index is 1.78. The Kier molecular flexibility index (Phi) is 6.19. The standard InChI is InChI=1S/C14H18N2OS3/c1-4-18-13-15-16-14(20-13)19-9-8-17-12-10(2)6-5-7-11(12)3/h5-7H,4,8-9H2,1-3H3. The molecule has 2 aromatic rings. The summed E-state index contributed by atoms with van der Waals surface area (Å²) in [5.74, 6) is 2.93. The van der Waals surface area contributed by atoms with Crippen molar-refractivity contribution in [2.75, 3.05) is 18.1 Å². The van der Waals surface area contributed by atoms with Gasteiger partial charge in [-0.3, -0.25) is 0 Å². The highest BCUT2D eigenvalue weighted by Crippen LogP contribution is 2.29. The van der Waals surface area contributed by atoms with E-state index in [0.29, 0.717) is 6.61 Å². The molecule has 2 rings (SSSR count). The Bertz CT molecular complexity index is 537. The summed E-state index contributed by atoms with van der Waals surface area (Å²) in [7, 11) is 0. The molecule has 1 aromatic heterocycles. The van der Waals surface area contributed by atoms with Crippen molar-refractivity contribution in [3.63, 3.8) is 0 Å². The lowest BCUT2D eigenvalue weighted by atomic mass is 10.1. The number of thioether (sulfide) groups is 2. The number of hydrogen-bond donors (Lipinski definition) is 0. The minimum absolute atomic E-state index is 0.687. The van der Waals surface area contributed by atoms with Crippen LogP contribution >= 0.6 is 34.9 Å². The fraction of sp³-hybridized carbons (Fsp3) is 0.429. The van der Waals surface area contributed by atoms with Crippen LogP contribution in [-0.2, 0) is 0 Å². The first-order valence-corrected chi connectivity index (χ1v) is 9.27. The van der Waals surface area contributed by atoms with E-state index in [-0.39, 0.29) is 0 Å². The van der Waals surface area contributed by atoms with Gasteiger partial charge in [0.1, 0.15) is 5.75 Å². The first-order chi connectivity index (χ1) is 9.70. The average molecular weight is 327 g/mol. The van der Waals surface area contributed by atoms with E-state index >= 15 is 0 Å². The molecular weight excluding hydrogens is 308 g/mol. The number of aromatic nitrogens is 2. The van der Waals surface area contributed by atoms with Gasteiger partial charge in [0, 0.05) is 5.75 Å². The van der Waals surface area contributed by atoms with Crippen LogP contribution in [0.25, 0.3) is 0 Å². The van der Waals surface area contributed by atoms with Crippen molar-refractivity contribution in [3.8, 4) is 5.75 Å². The van der Waals surface area contributed by atoms with E-state index in [1.54, 1.807) is 34.9 Å². The van der Waals surface area contributed by atoms with E-state index in [1.807, 2.05) is 0 Å². The molecule has 0 saturated heterocycles. The molecule has 0 radical (unpaired) electrons. The third kappa shape index (κ3) is 4.40. The molecule has 0 fully saturated rings. The van der Waals surface area contributed by atoms with E-state index in [2.05, 4.69) is 49.2 Å². The van der Waals surface area contributed by atoms with Crippen LogP contribution in [0.5, 0.6) is 5.75 Å². The molecule has 1 aromatic carbocycles. The minimum atomic E-state index is 0.687. The third-order valence-corrected chi connectivity index (χ3v) is 5.66. The molecule has 0 bridgehead atoms. The largest absolute Gasteiger partial charge is 0.492 e. The predicted octanol–water partition coefficient (Wildman–Crippen LogP) is 4.44. The monoisotopic (exact) mass is 326 g/mol. The fourth-order valence-electron chi connectivity index (χ4n) is 1.74. The van der Waals surface area contributed by atoms with Gasteiger partial charge in [-0.2, -0.15) is 0 Å². The van der Waals surface area contributed by atoms with Gasteiger partial charge in [0.25, 0.3) is 0 Å². The summed E-state index contributed by atoms with van der Waals surface area (Å²) in [4.78, 5) is 0. The van der Waals surface area contributed by atoms with Crippen molar-refractivity contribution in [1.29, 1.82) is 0 Å². The lowest BCUT2D eigenvalue weighted by molar-refractivity contribution is 0.339. The molecule has 0 amide bonds. The van der Waals surface area contributed by atoms with E-state index in [9.17, 15) is 0 Å². The highest BCUT2D eigenvalue weighted by Gasteiger charge is 2.06.